The highest BCUT2D eigenvalue weighted by atomic mass is 19.1. The van der Waals surface area contributed by atoms with Crippen molar-refractivity contribution in [2.24, 2.45) is 0 Å². The van der Waals surface area contributed by atoms with Gasteiger partial charge in [-0.2, -0.15) is 0 Å². The van der Waals surface area contributed by atoms with E-state index in [1.165, 1.54) is 12.1 Å². The largest absolute Gasteiger partial charge is 0.384 e. The summed E-state index contributed by atoms with van der Waals surface area (Å²) in [6, 6.07) is 5.46. The maximum absolute atomic E-state index is 13.0. The minimum Gasteiger partial charge on any atom is -0.384 e. The molecule has 94 valence electrons. The fraction of sp³-hybridized carbons (Fsp3) is 0.214. The molecule has 0 saturated heterocycles. The first-order valence-corrected chi connectivity index (χ1v) is 5.74. The topological polar surface area (TPSA) is 24.9 Å². The number of aromatic nitrogens is 1. The number of hydrogen-bond acceptors (Lipinski definition) is 2. The van der Waals surface area contributed by atoms with Crippen molar-refractivity contribution in [3.8, 4) is 0 Å². The third kappa shape index (κ3) is 3.26. The summed E-state index contributed by atoms with van der Waals surface area (Å²) in [6.45, 7) is 2.57. The maximum atomic E-state index is 13.0. The Labute approximate surface area is 105 Å². The summed E-state index contributed by atoms with van der Waals surface area (Å²) in [4.78, 5) is 4.00. The van der Waals surface area contributed by atoms with Crippen LogP contribution in [0.2, 0.25) is 0 Å². The Bertz CT molecular complexity index is 521. The van der Waals surface area contributed by atoms with Gasteiger partial charge in [-0.1, -0.05) is 0 Å². The molecule has 0 spiro atoms. The van der Waals surface area contributed by atoms with Crippen LogP contribution >= 0.6 is 0 Å². The minimum absolute atomic E-state index is 0.537. The molecule has 1 aromatic heterocycles. The van der Waals surface area contributed by atoms with E-state index in [-0.39, 0.29) is 0 Å². The molecule has 0 bridgehead atoms. The summed E-state index contributed by atoms with van der Waals surface area (Å²) in [5.41, 5.74) is 2.68. The number of rotatable bonds is 4. The maximum Gasteiger partial charge on any atom is 0.126 e. The van der Waals surface area contributed by atoms with E-state index in [1.54, 1.807) is 12.4 Å². The van der Waals surface area contributed by atoms with Crippen LogP contribution in [0.4, 0.5) is 14.5 Å². The van der Waals surface area contributed by atoms with Crippen LogP contribution in [0.15, 0.2) is 36.7 Å². The van der Waals surface area contributed by atoms with Crippen LogP contribution in [0, 0.1) is 18.6 Å². The lowest BCUT2D eigenvalue weighted by Gasteiger charge is -2.08. The Morgan fingerprint density at radius 3 is 2.56 bits per heavy atom. The van der Waals surface area contributed by atoms with Crippen LogP contribution in [0.25, 0.3) is 0 Å². The van der Waals surface area contributed by atoms with E-state index >= 15 is 0 Å². The molecule has 0 amide bonds. The predicted molar refractivity (Wildman–Crippen MR) is 67.5 cm³/mol. The molecule has 1 heterocycles. The smallest absolute Gasteiger partial charge is 0.126 e. The molecule has 2 nitrogen and oxygen atoms in total. The number of benzene rings is 1. The average molecular weight is 248 g/mol. The number of halogens is 2. The van der Waals surface area contributed by atoms with Gasteiger partial charge in [0.2, 0.25) is 0 Å². The molecule has 2 aromatic rings. The van der Waals surface area contributed by atoms with Crippen molar-refractivity contribution < 1.29 is 8.78 Å². The summed E-state index contributed by atoms with van der Waals surface area (Å²) >= 11 is 0. The molecule has 0 radical (unpaired) electrons. The fourth-order valence-electron chi connectivity index (χ4n) is 1.77. The van der Waals surface area contributed by atoms with E-state index in [1.807, 2.05) is 13.0 Å². The van der Waals surface area contributed by atoms with Crippen LogP contribution < -0.4 is 5.32 Å². The molecular weight excluding hydrogens is 234 g/mol. The quantitative estimate of drug-likeness (QED) is 0.897. The standard InChI is InChI=1S/C14H14F2N2/c1-10-9-17-4-3-14(10)18-5-2-11-6-12(15)8-13(16)7-11/h3-4,6-9H,2,5H2,1H3,(H,17,18). The Kier molecular flexibility index (Phi) is 3.87. The zero-order valence-electron chi connectivity index (χ0n) is 10.1. The van der Waals surface area contributed by atoms with Crippen LogP contribution in [-0.2, 0) is 6.42 Å². The Morgan fingerprint density at radius 2 is 1.89 bits per heavy atom. The minimum atomic E-state index is -0.537. The summed E-state index contributed by atoms with van der Waals surface area (Å²) < 4.78 is 25.9. The van der Waals surface area contributed by atoms with E-state index in [4.69, 9.17) is 0 Å². The third-order valence-corrected chi connectivity index (χ3v) is 2.67. The van der Waals surface area contributed by atoms with Gasteiger partial charge >= 0.3 is 0 Å². The van der Waals surface area contributed by atoms with E-state index in [0.717, 1.165) is 17.3 Å². The van der Waals surface area contributed by atoms with Crippen molar-refractivity contribution in [3.05, 3.63) is 59.4 Å². The van der Waals surface area contributed by atoms with Gasteiger partial charge in [0.25, 0.3) is 0 Å². The zero-order chi connectivity index (χ0) is 13.0. The average Bonchev–Trinajstić information content (AvgIpc) is 2.30. The molecule has 0 aliphatic carbocycles. The predicted octanol–water partition coefficient (Wildman–Crippen LogP) is 3.32. The summed E-state index contributed by atoms with van der Waals surface area (Å²) in [5, 5.41) is 3.22. The first kappa shape index (κ1) is 12.5. The van der Waals surface area contributed by atoms with Crippen molar-refractivity contribution in [1.29, 1.82) is 0 Å². The van der Waals surface area contributed by atoms with Crippen LogP contribution in [0.3, 0.4) is 0 Å². The monoisotopic (exact) mass is 248 g/mol. The second-order valence-electron chi connectivity index (χ2n) is 4.15. The van der Waals surface area contributed by atoms with Crippen molar-refractivity contribution >= 4 is 5.69 Å². The van der Waals surface area contributed by atoms with E-state index in [0.29, 0.717) is 18.5 Å². The molecule has 0 atom stereocenters. The molecule has 0 unspecified atom stereocenters. The number of nitrogens with zero attached hydrogens (tertiary/aromatic N) is 1. The number of pyridine rings is 1. The van der Waals surface area contributed by atoms with Gasteiger partial charge in [-0.15, -0.1) is 0 Å². The molecule has 0 saturated carbocycles. The number of aryl methyl sites for hydroxylation is 1. The Balaban J connectivity index is 1.94. The molecule has 0 aliphatic heterocycles. The molecular formula is C14H14F2N2. The molecule has 18 heavy (non-hydrogen) atoms. The Hall–Kier alpha value is -1.97. The highest BCUT2D eigenvalue weighted by Crippen LogP contribution is 2.12. The van der Waals surface area contributed by atoms with E-state index in [9.17, 15) is 8.78 Å². The summed E-state index contributed by atoms with van der Waals surface area (Å²) in [5.74, 6) is -1.07. The van der Waals surface area contributed by atoms with Crippen LogP contribution in [0.5, 0.6) is 0 Å². The third-order valence-electron chi connectivity index (χ3n) is 2.67. The van der Waals surface area contributed by atoms with Gasteiger partial charge in [0.05, 0.1) is 0 Å². The summed E-state index contributed by atoms with van der Waals surface area (Å²) in [6.07, 6.45) is 4.04. The molecule has 2 rings (SSSR count). The highest BCUT2D eigenvalue weighted by molar-refractivity contribution is 5.48. The van der Waals surface area contributed by atoms with Gasteiger partial charge in [-0.3, -0.25) is 4.98 Å². The van der Waals surface area contributed by atoms with E-state index in [2.05, 4.69) is 10.3 Å². The zero-order valence-corrected chi connectivity index (χ0v) is 10.1. The number of hydrogen-bond donors (Lipinski definition) is 1. The molecule has 0 fully saturated rings. The van der Waals surface area contributed by atoms with Gasteiger partial charge in [0.15, 0.2) is 0 Å². The van der Waals surface area contributed by atoms with E-state index < -0.39 is 11.6 Å². The van der Waals surface area contributed by atoms with Gasteiger partial charge < -0.3 is 5.32 Å². The lowest BCUT2D eigenvalue weighted by Crippen LogP contribution is -2.06. The Morgan fingerprint density at radius 1 is 1.17 bits per heavy atom. The van der Waals surface area contributed by atoms with Crippen LogP contribution in [0.1, 0.15) is 11.1 Å². The molecule has 4 heteroatoms. The number of anilines is 1. The lowest BCUT2D eigenvalue weighted by molar-refractivity contribution is 0.580. The van der Waals surface area contributed by atoms with Gasteiger partial charge in [-0.05, 0) is 42.7 Å². The van der Waals surface area contributed by atoms with Crippen molar-refractivity contribution in [2.75, 3.05) is 11.9 Å². The first-order chi connectivity index (χ1) is 8.65. The van der Waals surface area contributed by atoms with Gasteiger partial charge in [0, 0.05) is 30.7 Å². The summed E-state index contributed by atoms with van der Waals surface area (Å²) in [7, 11) is 0. The van der Waals surface area contributed by atoms with Gasteiger partial charge in [0.1, 0.15) is 11.6 Å². The van der Waals surface area contributed by atoms with Gasteiger partial charge in [-0.25, -0.2) is 8.78 Å². The highest BCUT2D eigenvalue weighted by Gasteiger charge is 2.01. The molecule has 0 aliphatic rings. The number of nitrogens with one attached hydrogen (secondary N) is 1. The second kappa shape index (κ2) is 5.58. The SMILES string of the molecule is Cc1cnccc1NCCc1cc(F)cc(F)c1. The van der Waals surface area contributed by atoms with Crippen molar-refractivity contribution in [1.82, 2.24) is 4.98 Å². The molecule has 1 N–H and O–H groups in total. The first-order valence-electron chi connectivity index (χ1n) is 5.74. The normalized spacial score (nSPS) is 10.4. The van der Waals surface area contributed by atoms with Crippen molar-refractivity contribution in [3.63, 3.8) is 0 Å². The lowest BCUT2D eigenvalue weighted by atomic mass is 10.1. The van der Waals surface area contributed by atoms with Crippen LogP contribution in [-0.4, -0.2) is 11.5 Å². The van der Waals surface area contributed by atoms with Crippen molar-refractivity contribution in [2.45, 2.75) is 13.3 Å². The molecule has 1 aromatic carbocycles. The fourth-order valence-corrected chi connectivity index (χ4v) is 1.77. The second-order valence-corrected chi connectivity index (χ2v) is 4.15.